The highest BCUT2D eigenvalue weighted by atomic mass is 16.3. The van der Waals surface area contributed by atoms with Crippen molar-refractivity contribution in [2.24, 2.45) is 5.92 Å². The molecule has 0 bridgehead atoms. The number of aliphatic hydroxyl groups is 1. The Morgan fingerprint density at radius 1 is 0.976 bits per heavy atom. The fourth-order valence-corrected chi connectivity index (χ4v) is 5.56. The summed E-state index contributed by atoms with van der Waals surface area (Å²) in [5, 5.41) is 16.9. The number of anilines is 3. The zero-order valence-corrected chi connectivity index (χ0v) is 23.4. The van der Waals surface area contributed by atoms with Crippen molar-refractivity contribution in [2.45, 2.75) is 82.8 Å². The number of hydrogen-bond donors (Lipinski definition) is 3. The van der Waals surface area contributed by atoms with Crippen LogP contribution in [0.4, 0.5) is 17.5 Å². The highest BCUT2D eigenvalue weighted by Gasteiger charge is 2.25. The number of nitrogens with one attached hydrogen (secondary N) is 2. The molecule has 0 unspecified atom stereocenters. The van der Waals surface area contributed by atoms with Crippen LogP contribution in [-0.2, 0) is 0 Å². The number of carbonyl (C=O) groups is 1. The summed E-state index contributed by atoms with van der Waals surface area (Å²) in [7, 11) is 0. The molecule has 0 spiro atoms. The van der Waals surface area contributed by atoms with Gasteiger partial charge in [0.1, 0.15) is 11.5 Å². The predicted molar refractivity (Wildman–Crippen MR) is 162 cm³/mol. The van der Waals surface area contributed by atoms with E-state index in [4.69, 9.17) is 4.98 Å². The Balaban J connectivity index is 1.14. The van der Waals surface area contributed by atoms with Crippen LogP contribution in [-0.4, -0.2) is 38.0 Å². The molecule has 2 fully saturated rings. The Labute approximate surface area is 241 Å². The molecule has 3 N–H and O–H groups in total. The topological polar surface area (TPSA) is 100 Å². The molecule has 0 amide bonds. The summed E-state index contributed by atoms with van der Waals surface area (Å²) >= 11 is 0. The fraction of sp³-hybridized carbons (Fsp3) is 0.412. The van der Waals surface area contributed by atoms with Crippen LogP contribution in [0.2, 0.25) is 0 Å². The number of ketones is 1. The molecule has 2 aromatic heterocycles. The largest absolute Gasteiger partial charge is 0.393 e. The molecular weight excluding hydrogens is 510 g/mol. The molecule has 2 heterocycles. The molecule has 1 aromatic carbocycles. The molecule has 41 heavy (non-hydrogen) atoms. The van der Waals surface area contributed by atoms with Gasteiger partial charge in [0.15, 0.2) is 5.78 Å². The number of aliphatic hydroxyl groups excluding tert-OH is 1. The van der Waals surface area contributed by atoms with E-state index in [1.54, 1.807) is 18.3 Å². The lowest BCUT2D eigenvalue weighted by atomic mass is 9.92. The fourth-order valence-electron chi connectivity index (χ4n) is 5.56. The SMILES string of the molecule is O=C(CC1CC1)c1ccnc(C#Cc2ccc(Nc3ncc(C4=CCCCC4)c(NC4CCC(O)CC4)n3)cc2)c1. The molecule has 3 aliphatic carbocycles. The summed E-state index contributed by atoms with van der Waals surface area (Å²) < 4.78 is 0. The van der Waals surface area contributed by atoms with Crippen molar-refractivity contribution in [3.63, 3.8) is 0 Å². The average molecular weight is 548 g/mol. The quantitative estimate of drug-likeness (QED) is 0.214. The Bertz CT molecular complexity index is 1470. The van der Waals surface area contributed by atoms with E-state index in [-0.39, 0.29) is 11.9 Å². The van der Waals surface area contributed by atoms with Crippen LogP contribution < -0.4 is 10.6 Å². The van der Waals surface area contributed by atoms with Gasteiger partial charge in [-0.2, -0.15) is 4.98 Å². The first-order valence-corrected chi connectivity index (χ1v) is 15.0. The maximum atomic E-state index is 12.4. The minimum atomic E-state index is -0.188. The molecule has 0 atom stereocenters. The minimum Gasteiger partial charge on any atom is -0.393 e. The monoisotopic (exact) mass is 547 g/mol. The van der Waals surface area contributed by atoms with Crippen molar-refractivity contribution in [2.75, 3.05) is 10.6 Å². The second-order valence-corrected chi connectivity index (χ2v) is 11.5. The van der Waals surface area contributed by atoms with Gasteiger partial charge in [0.2, 0.25) is 5.95 Å². The van der Waals surface area contributed by atoms with E-state index in [9.17, 15) is 9.90 Å². The van der Waals surface area contributed by atoms with Crippen LogP contribution in [0.1, 0.15) is 97.8 Å². The van der Waals surface area contributed by atoms with E-state index in [2.05, 4.69) is 38.5 Å². The number of hydrogen-bond acceptors (Lipinski definition) is 7. The normalized spacial score (nSPS) is 20.4. The second-order valence-electron chi connectivity index (χ2n) is 11.5. The molecule has 0 radical (unpaired) electrons. The van der Waals surface area contributed by atoms with Crippen LogP contribution in [0.5, 0.6) is 0 Å². The van der Waals surface area contributed by atoms with E-state index >= 15 is 0 Å². The molecule has 3 aromatic rings. The summed E-state index contributed by atoms with van der Waals surface area (Å²) in [6.07, 6.45) is 16.8. The lowest BCUT2D eigenvalue weighted by molar-refractivity contribution is 0.0976. The Morgan fingerprint density at radius 3 is 2.56 bits per heavy atom. The standard InChI is InChI=1S/C34H37N5O2/c40-30-16-14-27(15-17-30)37-33-31(25-4-2-1-3-5-25)22-36-34(39-33)38-28-11-8-23(9-12-28)10-13-29-21-26(18-19-35-29)32(41)20-24-6-7-24/h4,8-9,11-12,18-19,21-22,24,27,30,40H,1-3,5-7,14-17,20H2,(H2,36,37,38,39). The number of allylic oxidation sites excluding steroid dienone is 2. The van der Waals surface area contributed by atoms with Gasteiger partial charge in [-0.3, -0.25) is 4.79 Å². The number of nitrogens with zero attached hydrogens (tertiary/aromatic N) is 3. The van der Waals surface area contributed by atoms with E-state index in [1.807, 2.05) is 30.5 Å². The third-order valence-corrected chi connectivity index (χ3v) is 8.19. The van der Waals surface area contributed by atoms with E-state index < -0.39 is 0 Å². The van der Waals surface area contributed by atoms with Gasteiger partial charge in [-0.25, -0.2) is 9.97 Å². The van der Waals surface area contributed by atoms with Gasteiger partial charge in [0.05, 0.1) is 6.10 Å². The summed E-state index contributed by atoms with van der Waals surface area (Å²) in [5.74, 6) is 8.39. The van der Waals surface area contributed by atoms with Crippen LogP contribution in [0.25, 0.3) is 5.57 Å². The minimum absolute atomic E-state index is 0.176. The summed E-state index contributed by atoms with van der Waals surface area (Å²) in [5.41, 5.74) is 5.42. The van der Waals surface area contributed by atoms with Gasteiger partial charge in [0.25, 0.3) is 0 Å². The predicted octanol–water partition coefficient (Wildman–Crippen LogP) is 6.67. The van der Waals surface area contributed by atoms with Crippen molar-refractivity contribution >= 4 is 28.8 Å². The first-order chi connectivity index (χ1) is 20.1. The third-order valence-electron chi connectivity index (χ3n) is 8.19. The summed E-state index contributed by atoms with van der Waals surface area (Å²) in [6, 6.07) is 11.7. The zero-order valence-electron chi connectivity index (χ0n) is 23.4. The summed E-state index contributed by atoms with van der Waals surface area (Å²) in [4.78, 5) is 26.3. The number of rotatable bonds is 8. The molecule has 6 rings (SSSR count). The molecule has 0 aliphatic heterocycles. The Hall–Kier alpha value is -4.02. The Morgan fingerprint density at radius 2 is 1.80 bits per heavy atom. The van der Waals surface area contributed by atoms with Crippen molar-refractivity contribution in [3.05, 3.63) is 77.3 Å². The molecule has 210 valence electrons. The highest BCUT2D eigenvalue weighted by Crippen LogP contribution is 2.34. The average Bonchev–Trinajstić information content (AvgIpc) is 3.83. The van der Waals surface area contributed by atoms with Crippen molar-refractivity contribution < 1.29 is 9.90 Å². The van der Waals surface area contributed by atoms with Gasteiger partial charge in [-0.1, -0.05) is 12.0 Å². The smallest absolute Gasteiger partial charge is 0.229 e. The van der Waals surface area contributed by atoms with Crippen LogP contribution in [0, 0.1) is 17.8 Å². The van der Waals surface area contributed by atoms with Crippen molar-refractivity contribution in [3.8, 4) is 11.8 Å². The first kappa shape index (κ1) is 27.2. The third kappa shape index (κ3) is 7.39. The van der Waals surface area contributed by atoms with Gasteiger partial charge in [-0.15, -0.1) is 0 Å². The van der Waals surface area contributed by atoms with E-state index in [0.29, 0.717) is 35.6 Å². The van der Waals surface area contributed by atoms with Crippen molar-refractivity contribution in [1.29, 1.82) is 0 Å². The van der Waals surface area contributed by atoms with Gasteiger partial charge in [-0.05, 0) is 118 Å². The number of pyridine rings is 1. The molecule has 7 nitrogen and oxygen atoms in total. The van der Waals surface area contributed by atoms with Crippen LogP contribution >= 0.6 is 0 Å². The molecule has 0 saturated heterocycles. The van der Waals surface area contributed by atoms with Crippen molar-refractivity contribution in [1.82, 2.24) is 15.0 Å². The number of benzene rings is 1. The zero-order chi connectivity index (χ0) is 28.0. The molecule has 3 aliphatic rings. The molecular formula is C34H37N5O2. The lowest BCUT2D eigenvalue weighted by Gasteiger charge is -2.28. The van der Waals surface area contributed by atoms with Gasteiger partial charge in [0, 0.05) is 47.2 Å². The maximum Gasteiger partial charge on any atom is 0.229 e. The van der Waals surface area contributed by atoms with Gasteiger partial charge >= 0.3 is 0 Å². The van der Waals surface area contributed by atoms with Gasteiger partial charge < -0.3 is 15.7 Å². The first-order valence-electron chi connectivity index (χ1n) is 15.0. The Kier molecular flexibility index (Phi) is 8.39. The van der Waals surface area contributed by atoms with E-state index in [0.717, 1.165) is 74.0 Å². The second kappa shape index (κ2) is 12.7. The number of aromatic nitrogens is 3. The van der Waals surface area contributed by atoms with Crippen LogP contribution in [0.15, 0.2) is 54.9 Å². The van der Waals surface area contributed by atoms with E-state index in [1.165, 1.54) is 18.4 Å². The molecule has 7 heteroatoms. The molecule has 2 saturated carbocycles. The summed E-state index contributed by atoms with van der Waals surface area (Å²) in [6.45, 7) is 0. The number of carbonyl (C=O) groups excluding carboxylic acids is 1. The lowest BCUT2D eigenvalue weighted by Crippen LogP contribution is -2.29. The highest BCUT2D eigenvalue weighted by molar-refractivity contribution is 5.96. The number of Topliss-reactive ketones (excluding diaryl/α,β-unsaturated/α-hetero) is 1. The van der Waals surface area contributed by atoms with Crippen LogP contribution in [0.3, 0.4) is 0 Å². The maximum absolute atomic E-state index is 12.4.